The monoisotopic (exact) mass is 382 g/mol. The van der Waals surface area contributed by atoms with Gasteiger partial charge in [-0.2, -0.15) is 0 Å². The predicted octanol–water partition coefficient (Wildman–Crippen LogP) is 3.85. The topological polar surface area (TPSA) is 76.7 Å². The Kier molecular flexibility index (Phi) is 5.87. The molecule has 1 unspecified atom stereocenters. The van der Waals surface area contributed by atoms with Crippen molar-refractivity contribution in [2.75, 3.05) is 19.5 Å². The molecule has 1 fully saturated rings. The van der Waals surface area contributed by atoms with E-state index in [-0.39, 0.29) is 23.8 Å². The molecule has 0 spiro atoms. The third-order valence-corrected chi connectivity index (χ3v) is 4.99. The van der Waals surface area contributed by atoms with Crippen molar-refractivity contribution >= 4 is 17.5 Å². The predicted molar refractivity (Wildman–Crippen MR) is 108 cm³/mol. The van der Waals surface area contributed by atoms with Crippen LogP contribution < -0.4 is 20.1 Å². The maximum Gasteiger partial charge on any atom is 0.252 e. The summed E-state index contributed by atoms with van der Waals surface area (Å²) < 4.78 is 10.7. The Bertz CT molecular complexity index is 848. The summed E-state index contributed by atoms with van der Waals surface area (Å²) in [4.78, 5) is 24.5. The van der Waals surface area contributed by atoms with E-state index in [1.165, 1.54) is 0 Å². The van der Waals surface area contributed by atoms with E-state index in [1.54, 1.807) is 26.4 Å². The highest BCUT2D eigenvalue weighted by molar-refractivity contribution is 5.96. The summed E-state index contributed by atoms with van der Waals surface area (Å²) in [6.07, 6.45) is 1.95. The smallest absolute Gasteiger partial charge is 0.252 e. The lowest BCUT2D eigenvalue weighted by atomic mass is 10.1. The van der Waals surface area contributed by atoms with Crippen LogP contribution in [0.1, 0.15) is 47.3 Å². The summed E-state index contributed by atoms with van der Waals surface area (Å²) >= 11 is 0. The molecule has 0 saturated heterocycles. The van der Waals surface area contributed by atoms with Gasteiger partial charge in [0.05, 0.1) is 20.3 Å². The lowest BCUT2D eigenvalue weighted by molar-refractivity contribution is -0.117. The van der Waals surface area contributed by atoms with Crippen molar-refractivity contribution in [2.45, 2.75) is 32.7 Å². The molecule has 0 bridgehead atoms. The Hall–Kier alpha value is -3.02. The quantitative estimate of drug-likeness (QED) is 0.763. The first-order valence-corrected chi connectivity index (χ1v) is 9.37. The number of amides is 2. The SMILES string of the molecule is COc1cc(C(=O)NC(C)c2ccc(NC(=O)C3CC3)cc2)cc(OC)c1C. The van der Waals surface area contributed by atoms with Crippen molar-refractivity contribution in [1.29, 1.82) is 0 Å². The summed E-state index contributed by atoms with van der Waals surface area (Å²) in [6, 6.07) is 10.7. The number of rotatable bonds is 7. The van der Waals surface area contributed by atoms with Crippen LogP contribution in [0.5, 0.6) is 11.5 Å². The fourth-order valence-corrected chi connectivity index (χ4v) is 3.03. The molecule has 0 heterocycles. The van der Waals surface area contributed by atoms with Gasteiger partial charge in [0.25, 0.3) is 5.91 Å². The molecule has 2 amide bonds. The van der Waals surface area contributed by atoms with Crippen molar-refractivity contribution < 1.29 is 19.1 Å². The third-order valence-electron chi connectivity index (χ3n) is 4.99. The Morgan fingerprint density at radius 2 is 1.61 bits per heavy atom. The van der Waals surface area contributed by atoms with Gasteiger partial charge in [0, 0.05) is 22.7 Å². The molecule has 3 rings (SSSR count). The maximum atomic E-state index is 12.7. The van der Waals surface area contributed by atoms with Crippen LogP contribution in [0.25, 0.3) is 0 Å². The normalized spacial score (nSPS) is 14.1. The van der Waals surface area contributed by atoms with E-state index in [4.69, 9.17) is 9.47 Å². The van der Waals surface area contributed by atoms with Crippen molar-refractivity contribution in [3.8, 4) is 11.5 Å². The zero-order chi connectivity index (χ0) is 20.3. The van der Waals surface area contributed by atoms with Gasteiger partial charge in [-0.05, 0) is 56.5 Å². The fourth-order valence-electron chi connectivity index (χ4n) is 3.03. The molecular weight excluding hydrogens is 356 g/mol. The third kappa shape index (κ3) is 4.44. The molecule has 1 atom stereocenters. The lowest BCUT2D eigenvalue weighted by Gasteiger charge is -2.17. The van der Waals surface area contributed by atoms with Crippen LogP contribution in [0.2, 0.25) is 0 Å². The van der Waals surface area contributed by atoms with E-state index in [2.05, 4.69) is 10.6 Å². The van der Waals surface area contributed by atoms with E-state index >= 15 is 0 Å². The highest BCUT2D eigenvalue weighted by Crippen LogP contribution is 2.31. The molecule has 148 valence electrons. The molecule has 0 radical (unpaired) electrons. The van der Waals surface area contributed by atoms with Crippen LogP contribution in [0.4, 0.5) is 5.69 Å². The van der Waals surface area contributed by atoms with Gasteiger partial charge in [0.15, 0.2) is 0 Å². The molecule has 1 saturated carbocycles. The van der Waals surface area contributed by atoms with Gasteiger partial charge in [0.1, 0.15) is 11.5 Å². The number of benzene rings is 2. The van der Waals surface area contributed by atoms with Gasteiger partial charge in [-0.15, -0.1) is 0 Å². The minimum Gasteiger partial charge on any atom is -0.496 e. The summed E-state index contributed by atoms with van der Waals surface area (Å²) in [7, 11) is 3.13. The molecule has 0 aliphatic heterocycles. The molecule has 1 aliphatic carbocycles. The standard InChI is InChI=1S/C22H26N2O4/c1-13-19(27-3)11-17(12-20(13)28-4)22(26)23-14(2)15-7-9-18(10-8-15)24-21(25)16-5-6-16/h7-12,14,16H,5-6H2,1-4H3,(H,23,26)(H,24,25). The molecule has 2 aromatic rings. The minimum atomic E-state index is -0.213. The number of nitrogens with one attached hydrogen (secondary N) is 2. The zero-order valence-electron chi connectivity index (χ0n) is 16.7. The van der Waals surface area contributed by atoms with Crippen molar-refractivity contribution in [3.05, 3.63) is 53.1 Å². The Balaban J connectivity index is 1.67. The van der Waals surface area contributed by atoms with Gasteiger partial charge in [-0.1, -0.05) is 12.1 Å². The summed E-state index contributed by atoms with van der Waals surface area (Å²) in [6.45, 7) is 3.80. The van der Waals surface area contributed by atoms with Crippen molar-refractivity contribution in [2.24, 2.45) is 5.92 Å². The number of carbonyl (C=O) groups is 2. The second kappa shape index (κ2) is 8.33. The van der Waals surface area contributed by atoms with E-state index in [0.717, 1.165) is 29.7 Å². The van der Waals surface area contributed by atoms with E-state index < -0.39 is 0 Å². The number of methoxy groups -OCH3 is 2. The van der Waals surface area contributed by atoms with Crippen LogP contribution in [-0.4, -0.2) is 26.0 Å². The van der Waals surface area contributed by atoms with Crippen LogP contribution in [-0.2, 0) is 4.79 Å². The van der Waals surface area contributed by atoms with Crippen molar-refractivity contribution in [3.63, 3.8) is 0 Å². The number of hydrogen-bond acceptors (Lipinski definition) is 4. The number of ether oxygens (including phenoxy) is 2. The van der Waals surface area contributed by atoms with Gasteiger partial charge in [-0.25, -0.2) is 0 Å². The molecule has 28 heavy (non-hydrogen) atoms. The van der Waals surface area contributed by atoms with Crippen LogP contribution in [0.15, 0.2) is 36.4 Å². The second-order valence-electron chi connectivity index (χ2n) is 7.09. The van der Waals surface area contributed by atoms with Gasteiger partial charge < -0.3 is 20.1 Å². The average Bonchev–Trinajstić information content (AvgIpc) is 3.54. The largest absolute Gasteiger partial charge is 0.496 e. The molecule has 0 aromatic heterocycles. The van der Waals surface area contributed by atoms with Gasteiger partial charge in [-0.3, -0.25) is 9.59 Å². The molecule has 1 aliphatic rings. The Morgan fingerprint density at radius 3 is 2.11 bits per heavy atom. The van der Waals surface area contributed by atoms with Crippen molar-refractivity contribution in [1.82, 2.24) is 5.32 Å². The van der Waals surface area contributed by atoms with Crippen LogP contribution in [0.3, 0.4) is 0 Å². The van der Waals surface area contributed by atoms with E-state index in [0.29, 0.717) is 17.1 Å². The molecule has 2 N–H and O–H groups in total. The molecule has 6 nitrogen and oxygen atoms in total. The molecule has 2 aromatic carbocycles. The van der Waals surface area contributed by atoms with Gasteiger partial charge >= 0.3 is 0 Å². The Labute approximate surface area is 165 Å². The summed E-state index contributed by atoms with van der Waals surface area (Å²) in [5.41, 5.74) is 3.04. The minimum absolute atomic E-state index is 0.0800. The highest BCUT2D eigenvalue weighted by Gasteiger charge is 2.29. The first kappa shape index (κ1) is 19.7. The second-order valence-corrected chi connectivity index (χ2v) is 7.09. The number of anilines is 1. The number of hydrogen-bond donors (Lipinski definition) is 2. The summed E-state index contributed by atoms with van der Waals surface area (Å²) in [5.74, 6) is 1.24. The average molecular weight is 382 g/mol. The van der Waals surface area contributed by atoms with Crippen LogP contribution in [0, 0.1) is 12.8 Å². The molecule has 6 heteroatoms. The van der Waals surface area contributed by atoms with E-state index in [9.17, 15) is 9.59 Å². The number of carbonyl (C=O) groups excluding carboxylic acids is 2. The Morgan fingerprint density at radius 1 is 1.04 bits per heavy atom. The fraction of sp³-hybridized carbons (Fsp3) is 0.364. The first-order chi connectivity index (χ1) is 13.4. The highest BCUT2D eigenvalue weighted by atomic mass is 16.5. The lowest BCUT2D eigenvalue weighted by Crippen LogP contribution is -2.26. The van der Waals surface area contributed by atoms with Gasteiger partial charge in [0.2, 0.25) is 5.91 Å². The van der Waals surface area contributed by atoms with E-state index in [1.807, 2.05) is 38.1 Å². The maximum absolute atomic E-state index is 12.7. The first-order valence-electron chi connectivity index (χ1n) is 9.37. The zero-order valence-corrected chi connectivity index (χ0v) is 16.7. The summed E-state index contributed by atoms with van der Waals surface area (Å²) in [5, 5.41) is 5.90. The molecular formula is C22H26N2O4. The van der Waals surface area contributed by atoms with Crippen LogP contribution >= 0.6 is 0 Å².